The van der Waals surface area contributed by atoms with Crippen molar-refractivity contribution in [2.45, 2.75) is 297 Å². The van der Waals surface area contributed by atoms with E-state index in [1.807, 2.05) is 0 Å². The summed E-state index contributed by atoms with van der Waals surface area (Å²) in [6.45, 7) is 6.39. The van der Waals surface area contributed by atoms with Gasteiger partial charge in [0.1, 0.15) is 13.2 Å². The molecule has 0 aromatic carbocycles. The second-order valence-corrected chi connectivity index (χ2v) is 21.3. The molecule has 79 heavy (non-hydrogen) atoms. The Kier molecular flexibility index (Phi) is 62.3. The number of allylic oxidation sites excluding steroid dienone is 22. The second kappa shape index (κ2) is 66.1. The van der Waals surface area contributed by atoms with Crippen molar-refractivity contribution in [3.05, 3.63) is 134 Å². The molecule has 0 amide bonds. The van der Waals surface area contributed by atoms with Crippen molar-refractivity contribution in [2.24, 2.45) is 0 Å². The van der Waals surface area contributed by atoms with Gasteiger partial charge in [0.2, 0.25) is 0 Å². The van der Waals surface area contributed by atoms with Crippen LogP contribution in [0.5, 0.6) is 0 Å². The summed E-state index contributed by atoms with van der Waals surface area (Å²) < 4.78 is 16.9. The van der Waals surface area contributed by atoms with E-state index in [9.17, 15) is 14.4 Å². The molecule has 0 spiro atoms. The summed E-state index contributed by atoms with van der Waals surface area (Å²) in [7, 11) is 0. The van der Waals surface area contributed by atoms with E-state index in [1.165, 1.54) is 103 Å². The molecule has 0 saturated heterocycles. The van der Waals surface area contributed by atoms with Crippen molar-refractivity contribution in [3.8, 4) is 0 Å². The Morgan fingerprint density at radius 3 is 0.785 bits per heavy atom. The van der Waals surface area contributed by atoms with Crippen LogP contribution in [-0.4, -0.2) is 37.2 Å². The van der Waals surface area contributed by atoms with E-state index >= 15 is 0 Å². The van der Waals surface area contributed by atoms with Crippen molar-refractivity contribution in [2.75, 3.05) is 13.2 Å². The Morgan fingerprint density at radius 1 is 0.266 bits per heavy atom. The minimum absolute atomic E-state index is 0.0980. The molecule has 0 aliphatic heterocycles. The number of ether oxygens (including phenoxy) is 3. The highest BCUT2D eigenvalue weighted by molar-refractivity contribution is 5.71. The third-order valence-electron chi connectivity index (χ3n) is 13.6. The predicted octanol–water partition coefficient (Wildman–Crippen LogP) is 22.5. The maximum absolute atomic E-state index is 12.9. The molecule has 0 aromatic rings. The van der Waals surface area contributed by atoms with Crippen molar-refractivity contribution >= 4 is 17.9 Å². The molecule has 0 bridgehead atoms. The molecule has 0 aliphatic carbocycles. The third kappa shape index (κ3) is 64.3. The summed E-state index contributed by atoms with van der Waals surface area (Å²) in [6.07, 6.45) is 93.1. The molecule has 448 valence electrons. The van der Waals surface area contributed by atoms with Crippen LogP contribution in [0.2, 0.25) is 0 Å². The van der Waals surface area contributed by atoms with Crippen LogP contribution in [0.25, 0.3) is 0 Å². The van der Waals surface area contributed by atoms with E-state index in [0.717, 1.165) is 148 Å². The van der Waals surface area contributed by atoms with Crippen LogP contribution in [0.3, 0.4) is 0 Å². The molecule has 0 radical (unpaired) electrons. The average molecular weight is 1090 g/mol. The summed E-state index contributed by atoms with van der Waals surface area (Å²) in [5, 5.41) is 0. The lowest BCUT2D eigenvalue weighted by atomic mass is 10.1. The maximum Gasteiger partial charge on any atom is 0.306 e. The van der Waals surface area contributed by atoms with Crippen LogP contribution in [0.15, 0.2) is 134 Å². The van der Waals surface area contributed by atoms with Crippen LogP contribution >= 0.6 is 0 Å². The van der Waals surface area contributed by atoms with Gasteiger partial charge in [0.05, 0.1) is 0 Å². The van der Waals surface area contributed by atoms with Crippen LogP contribution in [0.4, 0.5) is 0 Å². The van der Waals surface area contributed by atoms with Gasteiger partial charge in [-0.15, -0.1) is 0 Å². The van der Waals surface area contributed by atoms with E-state index < -0.39 is 6.10 Å². The van der Waals surface area contributed by atoms with E-state index in [-0.39, 0.29) is 31.1 Å². The summed E-state index contributed by atoms with van der Waals surface area (Å²) in [5.74, 6) is -0.933. The fourth-order valence-corrected chi connectivity index (χ4v) is 8.79. The van der Waals surface area contributed by atoms with Crippen LogP contribution < -0.4 is 0 Å². The first-order valence-corrected chi connectivity index (χ1v) is 32.7. The Morgan fingerprint density at radius 2 is 0.494 bits per heavy atom. The lowest BCUT2D eigenvalue weighted by Crippen LogP contribution is -2.30. The van der Waals surface area contributed by atoms with Gasteiger partial charge < -0.3 is 14.2 Å². The average Bonchev–Trinajstić information content (AvgIpc) is 3.45. The molecule has 6 heteroatoms. The first-order chi connectivity index (χ1) is 39.0. The molecule has 0 saturated carbocycles. The first-order valence-electron chi connectivity index (χ1n) is 32.7. The van der Waals surface area contributed by atoms with E-state index in [1.54, 1.807) is 0 Å². The zero-order valence-electron chi connectivity index (χ0n) is 51.3. The van der Waals surface area contributed by atoms with Crippen molar-refractivity contribution in [1.29, 1.82) is 0 Å². The lowest BCUT2D eigenvalue weighted by Gasteiger charge is -2.18. The van der Waals surface area contributed by atoms with Gasteiger partial charge in [0.15, 0.2) is 6.10 Å². The molecule has 0 aliphatic rings. The summed E-state index contributed by atoms with van der Waals surface area (Å²) in [6, 6.07) is 0. The van der Waals surface area contributed by atoms with E-state index in [2.05, 4.69) is 154 Å². The van der Waals surface area contributed by atoms with Gasteiger partial charge in [-0.1, -0.05) is 270 Å². The lowest BCUT2D eigenvalue weighted by molar-refractivity contribution is -0.167. The number of esters is 3. The molecule has 0 heterocycles. The molecule has 6 nitrogen and oxygen atoms in total. The van der Waals surface area contributed by atoms with Crippen molar-refractivity contribution in [3.63, 3.8) is 0 Å². The van der Waals surface area contributed by atoms with Gasteiger partial charge >= 0.3 is 17.9 Å². The number of carbonyl (C=O) groups excluding carboxylic acids is 3. The molecule has 0 N–H and O–H groups in total. The first kappa shape index (κ1) is 74.5. The second-order valence-electron chi connectivity index (χ2n) is 21.3. The fourth-order valence-electron chi connectivity index (χ4n) is 8.79. The van der Waals surface area contributed by atoms with Gasteiger partial charge in [0, 0.05) is 19.3 Å². The zero-order chi connectivity index (χ0) is 57.1. The quantitative estimate of drug-likeness (QED) is 0.0261. The normalized spacial score (nSPS) is 13.0. The topological polar surface area (TPSA) is 78.9 Å². The SMILES string of the molecule is CC/C=C\C/C=C\C/C=C\C/C=C\C/C=C\C/C=C\CCCCCCCCC(=O)OCC(COC(=O)CCCCCC/C=C\C/C=C\C/C=C\C/C=C\CC)OC(=O)CCCCCCCCCCC/C=C\CCCCCCCC. The highest BCUT2D eigenvalue weighted by atomic mass is 16.6. The zero-order valence-corrected chi connectivity index (χ0v) is 51.3. The van der Waals surface area contributed by atoms with E-state index in [0.29, 0.717) is 19.3 Å². The van der Waals surface area contributed by atoms with Crippen LogP contribution in [-0.2, 0) is 28.6 Å². The maximum atomic E-state index is 12.9. The molecule has 1 unspecified atom stereocenters. The minimum Gasteiger partial charge on any atom is -0.462 e. The molecule has 0 aromatic heterocycles. The highest BCUT2D eigenvalue weighted by Crippen LogP contribution is 2.15. The Balaban J connectivity index is 4.45. The summed E-state index contributed by atoms with van der Waals surface area (Å²) >= 11 is 0. The highest BCUT2D eigenvalue weighted by Gasteiger charge is 2.19. The number of carbonyl (C=O) groups is 3. The Hall–Kier alpha value is -4.45. The molecule has 1 atom stereocenters. The van der Waals surface area contributed by atoms with Gasteiger partial charge in [-0.3, -0.25) is 14.4 Å². The Labute approximate surface area is 487 Å². The fraction of sp³-hybridized carbons (Fsp3) is 0.658. The molecule has 0 fully saturated rings. The van der Waals surface area contributed by atoms with Gasteiger partial charge in [-0.05, 0) is 135 Å². The third-order valence-corrected chi connectivity index (χ3v) is 13.6. The summed E-state index contributed by atoms with van der Waals surface area (Å²) in [5.41, 5.74) is 0. The number of unbranched alkanes of at least 4 members (excludes halogenated alkanes) is 25. The monoisotopic (exact) mass is 1090 g/mol. The van der Waals surface area contributed by atoms with Crippen LogP contribution in [0, 0.1) is 0 Å². The number of hydrogen-bond donors (Lipinski definition) is 0. The van der Waals surface area contributed by atoms with Crippen molar-refractivity contribution in [1.82, 2.24) is 0 Å². The van der Waals surface area contributed by atoms with Gasteiger partial charge in [0.25, 0.3) is 0 Å². The number of hydrogen-bond acceptors (Lipinski definition) is 6. The predicted molar refractivity (Wildman–Crippen MR) is 343 cm³/mol. The molecular formula is C73H120O6. The standard InChI is InChI=1S/C73H120O6/c1-4-7-10-13-16-19-22-25-28-31-33-34-35-36-37-38-40-42-45-48-51-54-57-60-63-66-72(75)78-69-70(68-77-71(74)65-62-59-56-53-50-47-44-41-30-27-24-21-18-15-12-9-6-3)79-73(76)67-64-61-58-55-52-49-46-43-39-32-29-26-23-20-17-14-11-8-5-2/h7,9-10,12,16,18-19,21,25-30,33-34,36-37,40,42,44,47,70H,4-6,8,11,13-15,17,20,22-24,31-32,35,38-39,41,43,45-46,48-69H2,1-3H3/b10-7-,12-9-,19-16-,21-18-,28-25-,29-26-,30-27-,34-33-,37-36-,42-40-,47-44-. The number of rotatable bonds is 58. The molecule has 0 rings (SSSR count). The van der Waals surface area contributed by atoms with Crippen molar-refractivity contribution < 1.29 is 28.6 Å². The van der Waals surface area contributed by atoms with E-state index in [4.69, 9.17) is 14.2 Å². The van der Waals surface area contributed by atoms with Gasteiger partial charge in [-0.25, -0.2) is 0 Å². The summed E-state index contributed by atoms with van der Waals surface area (Å²) in [4.78, 5) is 38.4. The Bertz CT molecular complexity index is 1680. The minimum atomic E-state index is -0.802. The molecular weight excluding hydrogens is 973 g/mol. The van der Waals surface area contributed by atoms with Gasteiger partial charge in [-0.2, -0.15) is 0 Å². The smallest absolute Gasteiger partial charge is 0.306 e. The largest absolute Gasteiger partial charge is 0.462 e. The van der Waals surface area contributed by atoms with Crippen LogP contribution in [0.1, 0.15) is 290 Å².